The molecule has 1 N–H and O–H groups in total. The molecule has 29 heavy (non-hydrogen) atoms. The van der Waals surface area contributed by atoms with Crippen molar-refractivity contribution in [1.29, 1.82) is 0 Å². The molecule has 0 atom stereocenters. The lowest BCUT2D eigenvalue weighted by atomic mass is 9.74. The van der Waals surface area contributed by atoms with Gasteiger partial charge >= 0.3 is 0 Å². The molecule has 1 aliphatic heterocycles. The number of nitrogens with one attached hydrogen (secondary N) is 1. The lowest BCUT2D eigenvalue weighted by Gasteiger charge is -2.38. The van der Waals surface area contributed by atoms with E-state index in [1.54, 1.807) is 0 Å². The molecule has 3 aromatic carbocycles. The topological polar surface area (TPSA) is 38.3 Å². The molecule has 3 heteroatoms. The number of amides is 1. The maximum atomic E-state index is 12.6. The van der Waals surface area contributed by atoms with Crippen LogP contribution in [0.2, 0.25) is 0 Å². The van der Waals surface area contributed by atoms with Crippen molar-refractivity contribution in [2.75, 3.05) is 19.8 Å². The summed E-state index contributed by atoms with van der Waals surface area (Å²) in [6.07, 6.45) is 2.27. The lowest BCUT2D eigenvalue weighted by molar-refractivity contribution is -0.120. The number of hydrogen-bond donors (Lipinski definition) is 1. The second-order valence-electron chi connectivity index (χ2n) is 7.78. The minimum Gasteiger partial charge on any atom is -0.381 e. The standard InChI is InChI=1S/C26H27NO2/c28-25(19-21-11-13-23(14-12-21)22-7-3-1-4-8-22)27-20-26(15-17-29-18-16-26)24-9-5-2-6-10-24/h1-14H,15-20H2,(H,27,28). The first-order valence-corrected chi connectivity index (χ1v) is 10.3. The molecule has 148 valence electrons. The van der Waals surface area contributed by atoms with Crippen molar-refractivity contribution >= 4 is 5.91 Å². The van der Waals surface area contributed by atoms with E-state index in [-0.39, 0.29) is 11.3 Å². The van der Waals surface area contributed by atoms with E-state index in [4.69, 9.17) is 4.74 Å². The molecule has 0 radical (unpaired) electrons. The van der Waals surface area contributed by atoms with Gasteiger partial charge in [0.05, 0.1) is 6.42 Å². The Hall–Kier alpha value is -2.91. The molecule has 0 unspecified atom stereocenters. The van der Waals surface area contributed by atoms with Crippen LogP contribution in [0.1, 0.15) is 24.0 Å². The van der Waals surface area contributed by atoms with Crippen molar-refractivity contribution in [3.8, 4) is 11.1 Å². The quantitative estimate of drug-likeness (QED) is 0.664. The van der Waals surface area contributed by atoms with Crippen molar-refractivity contribution in [3.63, 3.8) is 0 Å². The van der Waals surface area contributed by atoms with Gasteiger partial charge in [-0.25, -0.2) is 0 Å². The first-order valence-electron chi connectivity index (χ1n) is 10.3. The monoisotopic (exact) mass is 385 g/mol. The Balaban J connectivity index is 1.39. The third kappa shape index (κ3) is 4.75. The van der Waals surface area contributed by atoms with Gasteiger partial charge in [-0.05, 0) is 35.1 Å². The normalized spacial score (nSPS) is 15.6. The smallest absolute Gasteiger partial charge is 0.224 e. The maximum Gasteiger partial charge on any atom is 0.224 e. The van der Waals surface area contributed by atoms with Gasteiger partial charge < -0.3 is 10.1 Å². The van der Waals surface area contributed by atoms with Crippen LogP contribution in [0.3, 0.4) is 0 Å². The SMILES string of the molecule is O=C(Cc1ccc(-c2ccccc2)cc1)NCC1(c2ccccc2)CCOCC1. The van der Waals surface area contributed by atoms with Gasteiger partial charge in [0.25, 0.3) is 0 Å². The van der Waals surface area contributed by atoms with E-state index >= 15 is 0 Å². The van der Waals surface area contributed by atoms with E-state index in [0.29, 0.717) is 13.0 Å². The molecule has 1 fully saturated rings. The van der Waals surface area contributed by atoms with Gasteiger partial charge in [-0.1, -0.05) is 84.9 Å². The second-order valence-corrected chi connectivity index (χ2v) is 7.78. The Kier molecular flexibility index (Phi) is 6.06. The van der Waals surface area contributed by atoms with Crippen LogP contribution in [0.5, 0.6) is 0 Å². The number of carbonyl (C=O) groups is 1. The molecule has 0 aliphatic carbocycles. The molecule has 1 heterocycles. The Morgan fingerprint density at radius 1 is 0.793 bits per heavy atom. The van der Waals surface area contributed by atoms with E-state index in [1.165, 1.54) is 16.7 Å². The van der Waals surface area contributed by atoms with Gasteiger partial charge in [-0.3, -0.25) is 4.79 Å². The van der Waals surface area contributed by atoms with Gasteiger partial charge in [0.15, 0.2) is 0 Å². The molecule has 1 saturated heterocycles. The molecule has 1 amide bonds. The third-order valence-electron chi connectivity index (χ3n) is 5.89. The average Bonchev–Trinajstić information content (AvgIpc) is 2.80. The zero-order chi connectivity index (χ0) is 19.9. The summed E-state index contributed by atoms with van der Waals surface area (Å²) in [7, 11) is 0. The molecular weight excluding hydrogens is 358 g/mol. The Morgan fingerprint density at radius 2 is 1.38 bits per heavy atom. The van der Waals surface area contributed by atoms with Gasteiger partial charge in [0.1, 0.15) is 0 Å². The highest BCUT2D eigenvalue weighted by atomic mass is 16.5. The fourth-order valence-corrected chi connectivity index (χ4v) is 4.08. The summed E-state index contributed by atoms with van der Waals surface area (Å²) >= 11 is 0. The third-order valence-corrected chi connectivity index (χ3v) is 5.89. The van der Waals surface area contributed by atoms with Crippen LogP contribution in [-0.2, 0) is 21.4 Å². The number of benzene rings is 3. The van der Waals surface area contributed by atoms with E-state index in [2.05, 4.69) is 53.8 Å². The first kappa shape index (κ1) is 19.4. The van der Waals surface area contributed by atoms with Gasteiger partial charge in [0.2, 0.25) is 5.91 Å². The lowest BCUT2D eigenvalue weighted by Crippen LogP contribution is -2.45. The van der Waals surface area contributed by atoms with Crippen LogP contribution >= 0.6 is 0 Å². The van der Waals surface area contributed by atoms with Crippen LogP contribution < -0.4 is 5.32 Å². The number of ether oxygens (including phenoxy) is 1. The summed E-state index contributed by atoms with van der Waals surface area (Å²) in [5.41, 5.74) is 4.64. The molecule has 0 saturated carbocycles. The molecule has 0 spiro atoms. The number of carbonyl (C=O) groups excluding carboxylic acids is 1. The van der Waals surface area contributed by atoms with E-state index < -0.39 is 0 Å². The Bertz CT molecular complexity index is 914. The Morgan fingerprint density at radius 3 is 2.03 bits per heavy atom. The molecular formula is C26H27NO2. The molecule has 0 bridgehead atoms. The first-order chi connectivity index (χ1) is 14.3. The maximum absolute atomic E-state index is 12.6. The highest BCUT2D eigenvalue weighted by Gasteiger charge is 2.34. The summed E-state index contributed by atoms with van der Waals surface area (Å²) in [5, 5.41) is 3.19. The zero-order valence-electron chi connectivity index (χ0n) is 16.6. The summed E-state index contributed by atoms with van der Waals surface area (Å²) in [4.78, 5) is 12.6. The number of hydrogen-bond acceptors (Lipinski definition) is 2. The van der Waals surface area contributed by atoms with Crippen molar-refractivity contribution in [3.05, 3.63) is 96.1 Å². The second kappa shape index (κ2) is 9.06. The summed E-state index contributed by atoms with van der Waals surface area (Å²) in [5.74, 6) is 0.0688. The summed E-state index contributed by atoms with van der Waals surface area (Å²) in [6, 6.07) is 29.1. The van der Waals surface area contributed by atoms with Gasteiger partial charge in [0, 0.05) is 25.2 Å². The molecule has 3 aromatic rings. The van der Waals surface area contributed by atoms with Crippen LogP contribution in [-0.4, -0.2) is 25.7 Å². The van der Waals surface area contributed by atoms with Crippen molar-refractivity contribution in [1.82, 2.24) is 5.32 Å². The largest absolute Gasteiger partial charge is 0.381 e. The Labute approximate surface area is 172 Å². The van der Waals surface area contributed by atoms with Gasteiger partial charge in [-0.2, -0.15) is 0 Å². The molecule has 1 aliphatic rings. The molecule has 3 nitrogen and oxygen atoms in total. The minimum atomic E-state index is -0.0354. The van der Waals surface area contributed by atoms with E-state index in [9.17, 15) is 4.79 Å². The van der Waals surface area contributed by atoms with E-state index in [0.717, 1.165) is 31.6 Å². The van der Waals surface area contributed by atoms with Crippen LogP contribution in [0.4, 0.5) is 0 Å². The van der Waals surface area contributed by atoms with Crippen LogP contribution in [0, 0.1) is 0 Å². The minimum absolute atomic E-state index is 0.0354. The van der Waals surface area contributed by atoms with Crippen LogP contribution in [0.25, 0.3) is 11.1 Å². The summed E-state index contributed by atoms with van der Waals surface area (Å²) < 4.78 is 5.58. The predicted molar refractivity (Wildman–Crippen MR) is 117 cm³/mol. The van der Waals surface area contributed by atoms with Gasteiger partial charge in [-0.15, -0.1) is 0 Å². The molecule has 0 aromatic heterocycles. The number of rotatable bonds is 6. The fraction of sp³-hybridized carbons (Fsp3) is 0.269. The van der Waals surface area contributed by atoms with Crippen molar-refractivity contribution in [2.24, 2.45) is 0 Å². The van der Waals surface area contributed by atoms with Crippen molar-refractivity contribution in [2.45, 2.75) is 24.7 Å². The van der Waals surface area contributed by atoms with Crippen molar-refractivity contribution < 1.29 is 9.53 Å². The zero-order valence-corrected chi connectivity index (χ0v) is 16.6. The van der Waals surface area contributed by atoms with Crippen LogP contribution in [0.15, 0.2) is 84.9 Å². The highest BCUT2D eigenvalue weighted by molar-refractivity contribution is 5.79. The van der Waals surface area contributed by atoms with E-state index in [1.807, 2.05) is 36.4 Å². The molecule has 4 rings (SSSR count). The average molecular weight is 386 g/mol. The fourth-order valence-electron chi connectivity index (χ4n) is 4.08. The summed E-state index contributed by atoms with van der Waals surface area (Å²) in [6.45, 7) is 2.14. The predicted octanol–water partition coefficient (Wildman–Crippen LogP) is 4.76. The highest BCUT2D eigenvalue weighted by Crippen LogP contribution is 2.34.